The minimum Gasteiger partial charge on any atom is -0.493 e. The summed E-state index contributed by atoms with van der Waals surface area (Å²) in [5, 5.41) is 0. The Labute approximate surface area is 118 Å². The van der Waals surface area contributed by atoms with Crippen LogP contribution in [0.1, 0.15) is 0 Å². The Hall–Kier alpha value is -2.37. The fourth-order valence-corrected chi connectivity index (χ4v) is 1.46. The van der Waals surface area contributed by atoms with Gasteiger partial charge in [-0.15, -0.1) is 0 Å². The van der Waals surface area contributed by atoms with E-state index in [9.17, 15) is 4.79 Å². The molecule has 0 amide bonds. The van der Waals surface area contributed by atoms with E-state index < -0.39 is 5.97 Å². The van der Waals surface area contributed by atoms with Gasteiger partial charge in [0.15, 0.2) is 11.5 Å². The lowest BCUT2D eigenvalue weighted by atomic mass is 10.3. The van der Waals surface area contributed by atoms with Crippen molar-refractivity contribution in [2.24, 2.45) is 0 Å². The number of nitrogens with zero attached hydrogens (tertiary/aromatic N) is 1. The minimum atomic E-state index is -0.562. The van der Waals surface area contributed by atoms with Gasteiger partial charge in [0.1, 0.15) is 5.75 Å². The molecule has 0 radical (unpaired) electrons. The lowest BCUT2D eigenvalue weighted by Gasteiger charge is -2.13. The molecule has 110 valence electrons. The molecule has 0 saturated carbocycles. The summed E-state index contributed by atoms with van der Waals surface area (Å²) in [5.74, 6) is 1.05. The van der Waals surface area contributed by atoms with Gasteiger partial charge in [-0.05, 0) is 12.1 Å². The third-order valence-electron chi connectivity index (χ3n) is 2.34. The lowest BCUT2D eigenvalue weighted by Crippen LogP contribution is -2.15. The zero-order valence-electron chi connectivity index (χ0n) is 12.3. The molecule has 0 aromatic heterocycles. The molecule has 0 saturated heterocycles. The first kappa shape index (κ1) is 15.7. The summed E-state index contributed by atoms with van der Waals surface area (Å²) in [6, 6.07) is 5.00. The molecule has 0 aliphatic carbocycles. The van der Waals surface area contributed by atoms with E-state index in [0.717, 1.165) is 0 Å². The molecule has 0 fully saturated rings. The predicted octanol–water partition coefficient (Wildman–Crippen LogP) is 1.66. The molecule has 6 heteroatoms. The van der Waals surface area contributed by atoms with Gasteiger partial charge in [0.25, 0.3) is 0 Å². The highest BCUT2D eigenvalue weighted by molar-refractivity contribution is 5.86. The third-order valence-corrected chi connectivity index (χ3v) is 2.34. The summed E-state index contributed by atoms with van der Waals surface area (Å²) in [4.78, 5) is 13.3. The molecule has 20 heavy (non-hydrogen) atoms. The van der Waals surface area contributed by atoms with E-state index in [1.165, 1.54) is 20.4 Å². The van der Waals surface area contributed by atoms with Gasteiger partial charge in [-0.1, -0.05) is 0 Å². The average molecular weight is 281 g/mol. The highest BCUT2D eigenvalue weighted by Gasteiger charge is 2.14. The van der Waals surface area contributed by atoms with Crippen molar-refractivity contribution >= 4 is 5.97 Å². The lowest BCUT2D eigenvalue weighted by molar-refractivity contribution is -0.138. The zero-order chi connectivity index (χ0) is 15.1. The van der Waals surface area contributed by atoms with Crippen molar-refractivity contribution in [1.82, 2.24) is 4.90 Å². The summed E-state index contributed by atoms with van der Waals surface area (Å²) in [6.45, 7) is 0. The number of methoxy groups -OCH3 is 3. The first-order valence-electron chi connectivity index (χ1n) is 5.88. The van der Waals surface area contributed by atoms with Crippen LogP contribution in [0.15, 0.2) is 30.2 Å². The summed E-state index contributed by atoms with van der Waals surface area (Å²) >= 11 is 0. The Bertz CT molecular complexity index is 496. The van der Waals surface area contributed by atoms with Crippen molar-refractivity contribution in [3.8, 4) is 17.2 Å². The number of hydrogen-bond acceptors (Lipinski definition) is 6. The van der Waals surface area contributed by atoms with Gasteiger partial charge in [0, 0.05) is 26.4 Å². The van der Waals surface area contributed by atoms with Gasteiger partial charge in [0.2, 0.25) is 5.76 Å². The largest absolute Gasteiger partial charge is 0.493 e. The standard InChI is InChI=1S/C14H19NO5/c1-15(2)9-13(14(16)19-5)20-10-6-7-11(17-3)12(8-10)18-4/h6-9H,1-5H3/b13-9-. The van der Waals surface area contributed by atoms with Gasteiger partial charge in [-0.3, -0.25) is 0 Å². The SMILES string of the molecule is COC(=O)/C(=C/N(C)C)Oc1ccc(OC)c(OC)c1. The minimum absolute atomic E-state index is 0.0738. The normalized spacial score (nSPS) is 10.8. The van der Waals surface area contributed by atoms with Crippen LogP contribution < -0.4 is 14.2 Å². The van der Waals surface area contributed by atoms with E-state index in [4.69, 9.17) is 14.2 Å². The maximum atomic E-state index is 11.6. The number of carbonyl (C=O) groups excluding carboxylic acids is 1. The van der Waals surface area contributed by atoms with Crippen LogP contribution >= 0.6 is 0 Å². The quantitative estimate of drug-likeness (QED) is 0.449. The van der Waals surface area contributed by atoms with Crippen LogP contribution in [0.2, 0.25) is 0 Å². The molecule has 6 nitrogen and oxygen atoms in total. The van der Waals surface area contributed by atoms with Crippen molar-refractivity contribution in [3.63, 3.8) is 0 Å². The molecule has 0 unspecified atom stereocenters. The molecule has 0 N–H and O–H groups in total. The molecule has 1 aromatic rings. The zero-order valence-corrected chi connectivity index (χ0v) is 12.3. The van der Waals surface area contributed by atoms with E-state index in [2.05, 4.69) is 4.74 Å². The molecule has 0 aliphatic rings. The fourth-order valence-electron chi connectivity index (χ4n) is 1.46. The monoisotopic (exact) mass is 281 g/mol. The average Bonchev–Trinajstić information content (AvgIpc) is 2.45. The van der Waals surface area contributed by atoms with Gasteiger partial charge in [-0.2, -0.15) is 0 Å². The number of benzene rings is 1. The topological polar surface area (TPSA) is 57.2 Å². The van der Waals surface area contributed by atoms with Crippen LogP contribution in [0.25, 0.3) is 0 Å². The van der Waals surface area contributed by atoms with Gasteiger partial charge < -0.3 is 23.8 Å². The molecular formula is C14H19NO5. The van der Waals surface area contributed by atoms with E-state index in [0.29, 0.717) is 17.2 Å². The first-order valence-corrected chi connectivity index (χ1v) is 5.88. The van der Waals surface area contributed by atoms with E-state index in [1.54, 1.807) is 44.3 Å². The van der Waals surface area contributed by atoms with E-state index >= 15 is 0 Å². The molecule has 0 bridgehead atoms. The number of esters is 1. The molecule has 0 spiro atoms. The number of ether oxygens (including phenoxy) is 4. The number of hydrogen-bond donors (Lipinski definition) is 0. The Balaban J connectivity index is 3.02. The molecular weight excluding hydrogens is 262 g/mol. The third kappa shape index (κ3) is 4.08. The summed E-state index contributed by atoms with van der Waals surface area (Å²) in [7, 11) is 7.92. The van der Waals surface area contributed by atoms with Gasteiger partial charge >= 0.3 is 5.97 Å². The van der Waals surface area contributed by atoms with Crippen LogP contribution in [0.5, 0.6) is 17.2 Å². The second-order valence-corrected chi connectivity index (χ2v) is 4.07. The predicted molar refractivity (Wildman–Crippen MR) is 74.0 cm³/mol. The highest BCUT2D eigenvalue weighted by Crippen LogP contribution is 2.31. The van der Waals surface area contributed by atoms with E-state index in [1.807, 2.05) is 0 Å². The maximum Gasteiger partial charge on any atom is 0.375 e. The molecule has 1 rings (SSSR count). The second-order valence-electron chi connectivity index (χ2n) is 4.07. The molecule has 1 aromatic carbocycles. The fraction of sp³-hybridized carbons (Fsp3) is 0.357. The van der Waals surface area contributed by atoms with Gasteiger partial charge in [0.05, 0.1) is 21.3 Å². The van der Waals surface area contributed by atoms with Crippen molar-refractivity contribution in [2.45, 2.75) is 0 Å². The van der Waals surface area contributed by atoms with Crippen LogP contribution in [0, 0.1) is 0 Å². The molecule has 0 heterocycles. The van der Waals surface area contributed by atoms with Crippen molar-refractivity contribution in [3.05, 3.63) is 30.2 Å². The first-order chi connectivity index (χ1) is 9.51. The van der Waals surface area contributed by atoms with E-state index in [-0.39, 0.29) is 5.76 Å². The second kappa shape index (κ2) is 7.28. The number of carbonyl (C=O) groups is 1. The van der Waals surface area contributed by atoms with Crippen molar-refractivity contribution in [2.75, 3.05) is 35.4 Å². The maximum absolute atomic E-state index is 11.6. The Kier molecular flexibility index (Phi) is 5.71. The summed E-state index contributed by atoms with van der Waals surface area (Å²) in [5.41, 5.74) is 0. The summed E-state index contributed by atoms with van der Waals surface area (Å²) < 4.78 is 20.5. The smallest absolute Gasteiger partial charge is 0.375 e. The Morgan fingerprint density at radius 2 is 1.75 bits per heavy atom. The molecule has 0 aliphatic heterocycles. The number of rotatable bonds is 6. The van der Waals surface area contributed by atoms with Crippen LogP contribution in [0.3, 0.4) is 0 Å². The Morgan fingerprint density at radius 1 is 1.10 bits per heavy atom. The summed E-state index contributed by atoms with van der Waals surface area (Å²) in [6.07, 6.45) is 1.53. The van der Waals surface area contributed by atoms with Gasteiger partial charge in [-0.25, -0.2) is 4.79 Å². The van der Waals surface area contributed by atoms with Crippen LogP contribution in [-0.2, 0) is 9.53 Å². The van der Waals surface area contributed by atoms with Crippen LogP contribution in [-0.4, -0.2) is 46.3 Å². The van der Waals surface area contributed by atoms with Crippen molar-refractivity contribution < 1.29 is 23.7 Å². The van der Waals surface area contributed by atoms with Crippen LogP contribution in [0.4, 0.5) is 0 Å². The molecule has 0 atom stereocenters. The highest BCUT2D eigenvalue weighted by atomic mass is 16.6. The Morgan fingerprint density at radius 3 is 2.25 bits per heavy atom. The van der Waals surface area contributed by atoms with Crippen molar-refractivity contribution in [1.29, 1.82) is 0 Å².